The van der Waals surface area contributed by atoms with Crippen LogP contribution in [0.4, 0.5) is 4.79 Å². The van der Waals surface area contributed by atoms with E-state index in [1.54, 1.807) is 37.4 Å². The van der Waals surface area contributed by atoms with Crippen LogP contribution < -0.4 is 10.6 Å². The van der Waals surface area contributed by atoms with Crippen LogP contribution in [0.25, 0.3) is 0 Å². The summed E-state index contributed by atoms with van der Waals surface area (Å²) in [6.45, 7) is 9.61. The molecule has 212 valence electrons. The Morgan fingerprint density at radius 1 is 1.11 bits per heavy atom. The average Bonchev–Trinajstić information content (AvgIpc) is 3.59. The topological polar surface area (TPSA) is 87.7 Å². The number of hydrogen-bond acceptors (Lipinski definition) is 5. The summed E-state index contributed by atoms with van der Waals surface area (Å²) in [5.74, 6) is 0.642. The molecule has 4 unspecified atom stereocenters. The zero-order valence-corrected chi connectivity index (χ0v) is 24.9. The zero-order valence-electron chi connectivity index (χ0n) is 24.0. The fourth-order valence-corrected chi connectivity index (χ4v) is 5.67. The lowest BCUT2D eigenvalue weighted by atomic mass is 9.94. The van der Waals surface area contributed by atoms with Crippen molar-refractivity contribution in [3.05, 3.63) is 35.4 Å². The van der Waals surface area contributed by atoms with Gasteiger partial charge in [-0.1, -0.05) is 57.4 Å². The molecule has 7 nitrogen and oxygen atoms in total. The van der Waals surface area contributed by atoms with Gasteiger partial charge < -0.3 is 20.3 Å². The first-order valence-electron chi connectivity index (χ1n) is 14.2. The summed E-state index contributed by atoms with van der Waals surface area (Å²) < 4.78 is 5.49. The molecule has 0 aromatic heterocycles. The van der Waals surface area contributed by atoms with Crippen LogP contribution in [0.5, 0.6) is 0 Å². The first-order valence-corrected chi connectivity index (χ1v) is 15.6. The molecule has 2 aliphatic carbocycles. The predicted octanol–water partition coefficient (Wildman–Crippen LogP) is 5.62. The molecule has 1 aromatic rings. The first kappa shape index (κ1) is 30.3. The van der Waals surface area contributed by atoms with Crippen molar-refractivity contribution in [2.45, 2.75) is 116 Å². The number of aryl methyl sites for hydroxylation is 1. The van der Waals surface area contributed by atoms with Crippen LogP contribution in [0.1, 0.15) is 96.7 Å². The van der Waals surface area contributed by atoms with Crippen molar-refractivity contribution in [1.82, 2.24) is 15.5 Å². The van der Waals surface area contributed by atoms with Crippen molar-refractivity contribution in [1.29, 1.82) is 0 Å². The highest BCUT2D eigenvalue weighted by atomic mass is 32.2. The first-order chi connectivity index (χ1) is 18.0. The van der Waals surface area contributed by atoms with Crippen molar-refractivity contribution in [2.24, 2.45) is 5.92 Å². The van der Waals surface area contributed by atoms with Gasteiger partial charge in [-0.3, -0.25) is 9.59 Å². The molecule has 2 fully saturated rings. The Balaban J connectivity index is 1.95. The number of ether oxygens (including phenoxy) is 1. The number of carbonyl (C=O) groups is 3. The van der Waals surface area contributed by atoms with Gasteiger partial charge in [0.05, 0.1) is 0 Å². The van der Waals surface area contributed by atoms with Gasteiger partial charge in [-0.2, -0.15) is 11.8 Å². The van der Waals surface area contributed by atoms with Gasteiger partial charge in [-0.25, -0.2) is 4.79 Å². The number of alkyl carbamates (subject to hydrolysis) is 1. The summed E-state index contributed by atoms with van der Waals surface area (Å²) in [7, 11) is 0. The molecule has 1 aromatic carbocycles. The van der Waals surface area contributed by atoms with E-state index in [1.165, 1.54) is 12.0 Å². The van der Waals surface area contributed by atoms with Crippen molar-refractivity contribution in [3.8, 4) is 0 Å². The molecule has 0 spiro atoms. The van der Waals surface area contributed by atoms with Gasteiger partial charge >= 0.3 is 6.09 Å². The Labute approximate surface area is 233 Å². The van der Waals surface area contributed by atoms with E-state index in [9.17, 15) is 14.4 Å². The van der Waals surface area contributed by atoms with Gasteiger partial charge in [0.15, 0.2) is 0 Å². The Morgan fingerprint density at radius 2 is 1.74 bits per heavy atom. The van der Waals surface area contributed by atoms with Crippen molar-refractivity contribution < 1.29 is 19.1 Å². The van der Waals surface area contributed by atoms with E-state index in [4.69, 9.17) is 4.74 Å². The summed E-state index contributed by atoms with van der Waals surface area (Å²) in [4.78, 5) is 42.8. The van der Waals surface area contributed by atoms with E-state index in [-0.39, 0.29) is 23.9 Å². The second-order valence-electron chi connectivity index (χ2n) is 11.8. The second kappa shape index (κ2) is 13.7. The third kappa shape index (κ3) is 8.65. The third-order valence-electron chi connectivity index (χ3n) is 7.46. The maximum absolute atomic E-state index is 14.3. The highest BCUT2D eigenvalue weighted by molar-refractivity contribution is 7.98. The Morgan fingerprint density at radius 3 is 2.26 bits per heavy atom. The fraction of sp³-hybridized carbons (Fsp3) is 0.700. The lowest BCUT2D eigenvalue weighted by Gasteiger charge is -2.36. The van der Waals surface area contributed by atoms with E-state index in [0.717, 1.165) is 44.1 Å². The summed E-state index contributed by atoms with van der Waals surface area (Å²) in [6, 6.07) is 6.61. The minimum Gasteiger partial charge on any atom is -0.444 e. The molecule has 8 heteroatoms. The highest BCUT2D eigenvalue weighted by Gasteiger charge is 2.48. The standard InChI is InChI=1S/C30H47N3O4S/c1-7-21-13-15-22(16-14-21)26(27(34)31-23-11-9-8-10-12-23)33(25-19-20(25)2)28(35)24(17-18-38-6)32-29(36)37-30(3,4)5/h13-16,20,23-26H,7-12,17-19H2,1-6H3,(H,31,34)(H,32,36). The largest absolute Gasteiger partial charge is 0.444 e. The Kier molecular flexibility index (Phi) is 10.9. The van der Waals surface area contributed by atoms with E-state index in [1.807, 2.05) is 30.5 Å². The molecule has 2 aliphatic rings. The quantitative estimate of drug-likeness (QED) is 0.377. The predicted molar refractivity (Wildman–Crippen MR) is 154 cm³/mol. The van der Waals surface area contributed by atoms with Crippen LogP contribution >= 0.6 is 11.8 Å². The fourth-order valence-electron chi connectivity index (χ4n) is 5.20. The van der Waals surface area contributed by atoms with Crippen LogP contribution in [0.2, 0.25) is 0 Å². The molecule has 0 saturated heterocycles. The zero-order chi connectivity index (χ0) is 27.9. The number of amides is 3. The lowest BCUT2D eigenvalue weighted by molar-refractivity contribution is -0.143. The van der Waals surface area contributed by atoms with Gasteiger partial charge in [0, 0.05) is 12.1 Å². The Hall–Kier alpha value is -2.22. The molecule has 3 amide bonds. The van der Waals surface area contributed by atoms with Crippen molar-refractivity contribution >= 4 is 29.7 Å². The molecular weight excluding hydrogens is 498 g/mol. The van der Waals surface area contributed by atoms with Gasteiger partial charge in [0.25, 0.3) is 0 Å². The monoisotopic (exact) mass is 545 g/mol. The van der Waals surface area contributed by atoms with Gasteiger partial charge in [0.1, 0.15) is 17.7 Å². The van der Waals surface area contributed by atoms with E-state index >= 15 is 0 Å². The van der Waals surface area contributed by atoms with Crippen LogP contribution in [-0.4, -0.2) is 58.5 Å². The van der Waals surface area contributed by atoms with Gasteiger partial charge in [0.2, 0.25) is 11.8 Å². The Bertz CT molecular complexity index is 940. The number of thioether (sulfide) groups is 1. The minimum atomic E-state index is -0.773. The van der Waals surface area contributed by atoms with E-state index in [2.05, 4.69) is 24.5 Å². The number of nitrogens with one attached hydrogen (secondary N) is 2. The minimum absolute atomic E-state index is 0.0485. The summed E-state index contributed by atoms with van der Waals surface area (Å²) in [6.07, 6.45) is 8.93. The number of rotatable bonds is 11. The van der Waals surface area contributed by atoms with Crippen molar-refractivity contribution in [3.63, 3.8) is 0 Å². The number of hydrogen-bond donors (Lipinski definition) is 2. The van der Waals surface area contributed by atoms with E-state index in [0.29, 0.717) is 18.1 Å². The smallest absolute Gasteiger partial charge is 0.408 e. The SMILES string of the molecule is CCc1ccc(C(C(=O)NC2CCCCC2)N(C(=O)C(CCSC)NC(=O)OC(C)(C)C)C2CC2C)cc1. The number of carbonyl (C=O) groups excluding carboxylic acids is 3. The van der Waals surface area contributed by atoms with Crippen LogP contribution in [0.15, 0.2) is 24.3 Å². The van der Waals surface area contributed by atoms with Crippen LogP contribution in [0, 0.1) is 5.92 Å². The lowest BCUT2D eigenvalue weighted by Crippen LogP contribution is -2.55. The van der Waals surface area contributed by atoms with Gasteiger partial charge in [-0.05, 0) is 81.9 Å². The number of nitrogens with zero attached hydrogens (tertiary/aromatic N) is 1. The van der Waals surface area contributed by atoms with Gasteiger partial charge in [-0.15, -0.1) is 0 Å². The number of benzene rings is 1. The van der Waals surface area contributed by atoms with E-state index < -0.39 is 23.8 Å². The molecule has 2 saturated carbocycles. The summed E-state index contributed by atoms with van der Waals surface area (Å²) >= 11 is 1.62. The second-order valence-corrected chi connectivity index (χ2v) is 12.8. The molecule has 2 N–H and O–H groups in total. The summed E-state index contributed by atoms with van der Waals surface area (Å²) in [5, 5.41) is 6.12. The normalized spacial score (nSPS) is 21.2. The van der Waals surface area contributed by atoms with Crippen LogP contribution in [0.3, 0.4) is 0 Å². The molecule has 0 radical (unpaired) electrons. The average molecular weight is 546 g/mol. The molecule has 3 rings (SSSR count). The van der Waals surface area contributed by atoms with Crippen LogP contribution in [-0.2, 0) is 20.7 Å². The molecule has 4 atom stereocenters. The summed E-state index contributed by atoms with van der Waals surface area (Å²) in [5.41, 5.74) is 1.32. The molecule has 38 heavy (non-hydrogen) atoms. The van der Waals surface area contributed by atoms with Crippen molar-refractivity contribution in [2.75, 3.05) is 12.0 Å². The third-order valence-corrected chi connectivity index (χ3v) is 8.10. The highest BCUT2D eigenvalue weighted by Crippen LogP contribution is 2.41. The maximum atomic E-state index is 14.3. The molecule has 0 heterocycles. The molecule has 0 bridgehead atoms. The maximum Gasteiger partial charge on any atom is 0.408 e. The molecular formula is C30H47N3O4S. The molecule has 0 aliphatic heterocycles.